The van der Waals surface area contributed by atoms with Crippen molar-refractivity contribution in [2.45, 2.75) is 78.4 Å². The summed E-state index contributed by atoms with van der Waals surface area (Å²) < 4.78 is 11.4. The minimum Gasteiger partial charge on any atom is -0.460 e. The van der Waals surface area contributed by atoms with Crippen molar-refractivity contribution in [1.82, 2.24) is 0 Å². The van der Waals surface area contributed by atoms with E-state index in [1.807, 2.05) is 24.3 Å². The molecule has 1 saturated carbocycles. The Morgan fingerprint density at radius 1 is 0.706 bits per heavy atom. The van der Waals surface area contributed by atoms with Gasteiger partial charge < -0.3 is 9.47 Å². The molecule has 0 radical (unpaired) electrons. The Kier molecular flexibility index (Phi) is 6.05. The maximum atomic E-state index is 13.6. The van der Waals surface area contributed by atoms with Crippen molar-refractivity contribution in [2.75, 3.05) is 0 Å². The fraction of sp³-hybridized carbons (Fsp3) is 0.692. The maximum absolute atomic E-state index is 13.6. The van der Waals surface area contributed by atoms with Crippen LogP contribution < -0.4 is 0 Å². The number of carbonyl (C=O) groups is 2. The Labute approximate surface area is 200 Å². The monoisotopic (exact) mass is 462 g/mol. The molecule has 0 unspecified atom stereocenters. The van der Waals surface area contributed by atoms with Crippen LogP contribution in [0.4, 0.5) is 0 Å². The van der Waals surface area contributed by atoms with Crippen LogP contribution in [-0.4, -0.2) is 23.1 Å². The van der Waals surface area contributed by atoms with Crippen molar-refractivity contribution in [1.29, 1.82) is 21.0 Å². The number of fused-ring (bicyclic) bond motifs is 2. The SMILES string of the molecule is CC(C)(C)OC(=O)[C@@H]1[C@H](C(=O)OC(C)(C)C)[C@@H]2C3=C(CCCC3)[C@H]1C(C#N)(C#N)C2(C#N)C#N. The van der Waals surface area contributed by atoms with Gasteiger partial charge in [-0.05, 0) is 67.2 Å². The fourth-order valence-electron chi connectivity index (χ4n) is 6.05. The van der Waals surface area contributed by atoms with Crippen molar-refractivity contribution in [2.24, 2.45) is 34.5 Å². The lowest BCUT2D eigenvalue weighted by Crippen LogP contribution is -2.67. The molecule has 4 rings (SSSR count). The highest BCUT2D eigenvalue weighted by Crippen LogP contribution is 2.70. The van der Waals surface area contributed by atoms with Gasteiger partial charge in [0.15, 0.2) is 10.8 Å². The van der Waals surface area contributed by atoms with Gasteiger partial charge in [-0.3, -0.25) is 9.59 Å². The van der Waals surface area contributed by atoms with E-state index in [2.05, 4.69) is 0 Å². The zero-order chi connectivity index (χ0) is 25.7. The van der Waals surface area contributed by atoms with E-state index < -0.39 is 57.6 Å². The van der Waals surface area contributed by atoms with Crippen molar-refractivity contribution < 1.29 is 19.1 Å². The van der Waals surface area contributed by atoms with Gasteiger partial charge in [-0.25, -0.2) is 0 Å². The zero-order valence-electron chi connectivity index (χ0n) is 20.6. The summed E-state index contributed by atoms with van der Waals surface area (Å²) in [6, 6.07) is 7.92. The summed E-state index contributed by atoms with van der Waals surface area (Å²) in [7, 11) is 0. The number of nitriles is 4. The van der Waals surface area contributed by atoms with Gasteiger partial charge in [-0.1, -0.05) is 11.1 Å². The highest BCUT2D eigenvalue weighted by Gasteiger charge is 2.77. The lowest BCUT2D eigenvalue weighted by Gasteiger charge is -2.59. The Morgan fingerprint density at radius 3 is 1.24 bits per heavy atom. The molecule has 4 aliphatic rings. The first-order valence-corrected chi connectivity index (χ1v) is 11.6. The second-order valence-electron chi connectivity index (χ2n) is 11.4. The lowest BCUT2D eigenvalue weighted by molar-refractivity contribution is -0.189. The summed E-state index contributed by atoms with van der Waals surface area (Å²) in [6.45, 7) is 10.1. The van der Waals surface area contributed by atoms with Gasteiger partial charge in [0, 0.05) is 11.8 Å². The maximum Gasteiger partial charge on any atom is 0.311 e. The molecule has 4 atom stereocenters. The largest absolute Gasteiger partial charge is 0.460 e. The third kappa shape index (κ3) is 3.54. The number of carbonyl (C=O) groups excluding carboxylic acids is 2. The van der Waals surface area contributed by atoms with Crippen LogP contribution in [0.1, 0.15) is 67.2 Å². The van der Waals surface area contributed by atoms with Gasteiger partial charge in [0.25, 0.3) is 0 Å². The second kappa shape index (κ2) is 8.14. The summed E-state index contributed by atoms with van der Waals surface area (Å²) >= 11 is 0. The number of nitrogens with zero attached hydrogens (tertiary/aromatic N) is 4. The predicted molar refractivity (Wildman–Crippen MR) is 118 cm³/mol. The van der Waals surface area contributed by atoms with Gasteiger partial charge in [-0.15, -0.1) is 0 Å². The number of hydrogen-bond acceptors (Lipinski definition) is 8. The summed E-state index contributed by atoms with van der Waals surface area (Å²) in [5.41, 5.74) is -4.54. The summed E-state index contributed by atoms with van der Waals surface area (Å²) in [5, 5.41) is 41.3. The Morgan fingerprint density at radius 2 is 1.00 bits per heavy atom. The minimum absolute atomic E-state index is 0.537. The molecule has 1 fully saturated rings. The molecule has 4 aliphatic carbocycles. The fourth-order valence-corrected chi connectivity index (χ4v) is 6.05. The molecule has 0 amide bonds. The van der Waals surface area contributed by atoms with Crippen LogP contribution in [0, 0.1) is 79.8 Å². The number of hydrogen-bond donors (Lipinski definition) is 0. The molecule has 34 heavy (non-hydrogen) atoms. The smallest absolute Gasteiger partial charge is 0.311 e. The van der Waals surface area contributed by atoms with Crippen LogP contribution in [0.2, 0.25) is 0 Å². The highest BCUT2D eigenvalue weighted by molar-refractivity contribution is 5.86. The Bertz CT molecular complexity index is 994. The Balaban J connectivity index is 2.39. The number of ether oxygens (including phenoxy) is 2. The molecule has 0 aromatic heterocycles. The number of allylic oxidation sites excluding steroid dienone is 2. The van der Waals surface area contributed by atoms with Gasteiger partial charge in [0.05, 0.1) is 36.1 Å². The minimum atomic E-state index is -2.13. The topological polar surface area (TPSA) is 148 Å². The van der Waals surface area contributed by atoms with Gasteiger partial charge in [-0.2, -0.15) is 21.0 Å². The van der Waals surface area contributed by atoms with Crippen molar-refractivity contribution in [3.8, 4) is 24.3 Å². The van der Waals surface area contributed by atoms with Crippen molar-refractivity contribution >= 4 is 11.9 Å². The van der Waals surface area contributed by atoms with Crippen LogP contribution in [-0.2, 0) is 19.1 Å². The molecule has 0 saturated heterocycles. The zero-order valence-corrected chi connectivity index (χ0v) is 20.6. The average Bonchev–Trinajstić information content (AvgIpc) is 2.75. The van der Waals surface area contributed by atoms with Crippen LogP contribution in [0.5, 0.6) is 0 Å². The molecule has 0 aromatic carbocycles. The molecule has 2 bridgehead atoms. The van der Waals surface area contributed by atoms with E-state index in [0.717, 1.165) is 24.0 Å². The molecule has 0 N–H and O–H groups in total. The van der Waals surface area contributed by atoms with E-state index in [9.17, 15) is 30.6 Å². The summed E-state index contributed by atoms with van der Waals surface area (Å²) in [6.07, 6.45) is 2.66. The van der Waals surface area contributed by atoms with Crippen molar-refractivity contribution in [3.63, 3.8) is 0 Å². The first-order valence-electron chi connectivity index (χ1n) is 11.6. The molecule has 0 spiro atoms. The summed E-state index contributed by atoms with van der Waals surface area (Å²) in [4.78, 5) is 27.3. The van der Waals surface area contributed by atoms with Crippen LogP contribution in [0.25, 0.3) is 0 Å². The van der Waals surface area contributed by atoms with Gasteiger partial charge in [0.1, 0.15) is 11.2 Å². The molecule has 8 nitrogen and oxygen atoms in total. The standard InChI is InChI=1S/C26H30N4O4/c1-23(2,3)33-21(31)17-18(22(32)34-24(4,5)6)20-16-10-8-7-9-15(16)19(17)25(11-27,12-28)26(20,13-29)14-30/h17-20H,7-10H2,1-6H3/t17-,18+,19-,20+. The molecule has 0 aromatic rings. The van der Waals surface area contributed by atoms with E-state index in [-0.39, 0.29) is 0 Å². The molecular formula is C26H30N4O4. The first kappa shape index (κ1) is 25.3. The van der Waals surface area contributed by atoms with E-state index in [1.54, 1.807) is 41.5 Å². The molecule has 0 heterocycles. The molecular weight excluding hydrogens is 432 g/mol. The second-order valence-corrected chi connectivity index (χ2v) is 11.4. The quantitative estimate of drug-likeness (QED) is 0.440. The third-order valence-corrected chi connectivity index (χ3v) is 7.03. The van der Waals surface area contributed by atoms with E-state index >= 15 is 0 Å². The van der Waals surface area contributed by atoms with E-state index in [4.69, 9.17) is 9.47 Å². The highest BCUT2D eigenvalue weighted by atomic mass is 16.6. The van der Waals surface area contributed by atoms with Gasteiger partial charge in [0.2, 0.25) is 0 Å². The predicted octanol–water partition coefficient (Wildman–Crippen LogP) is 4.10. The summed E-state index contributed by atoms with van der Waals surface area (Å²) in [5.74, 6) is -6.12. The molecule has 178 valence electrons. The molecule has 0 aliphatic heterocycles. The van der Waals surface area contributed by atoms with E-state index in [0.29, 0.717) is 12.8 Å². The van der Waals surface area contributed by atoms with Crippen LogP contribution >= 0.6 is 0 Å². The molecule has 8 heteroatoms. The van der Waals surface area contributed by atoms with E-state index in [1.165, 1.54) is 0 Å². The number of esters is 2. The third-order valence-electron chi connectivity index (χ3n) is 7.03. The van der Waals surface area contributed by atoms with Crippen molar-refractivity contribution in [3.05, 3.63) is 11.1 Å². The van der Waals surface area contributed by atoms with Crippen LogP contribution in [0.3, 0.4) is 0 Å². The normalized spacial score (nSPS) is 28.9. The van der Waals surface area contributed by atoms with Crippen LogP contribution in [0.15, 0.2) is 11.1 Å². The van der Waals surface area contributed by atoms with Gasteiger partial charge >= 0.3 is 11.9 Å². The Hall–Kier alpha value is -3.36. The average molecular weight is 463 g/mol. The lowest BCUT2D eigenvalue weighted by atomic mass is 9.36. The number of rotatable bonds is 2. The first-order chi connectivity index (χ1) is 15.7.